The molecule has 1 fully saturated rings. The van der Waals surface area contributed by atoms with Gasteiger partial charge in [-0.3, -0.25) is 9.69 Å². The van der Waals surface area contributed by atoms with Crippen molar-refractivity contribution in [2.24, 2.45) is 5.41 Å². The minimum atomic E-state index is -0.654. The molecule has 0 saturated carbocycles. The van der Waals surface area contributed by atoms with Crippen molar-refractivity contribution in [1.29, 1.82) is 0 Å². The van der Waals surface area contributed by atoms with E-state index in [4.69, 9.17) is 0 Å². The van der Waals surface area contributed by atoms with E-state index in [0.29, 0.717) is 5.92 Å². The van der Waals surface area contributed by atoms with Crippen LogP contribution in [0.3, 0.4) is 0 Å². The maximum absolute atomic E-state index is 11.2. The molecule has 0 bridgehead atoms. The molecule has 1 aromatic rings. The molecular formula is C17H25NO2. The molecule has 0 atom stereocenters. The second-order valence-electron chi connectivity index (χ2n) is 6.54. The van der Waals surface area contributed by atoms with Crippen LogP contribution >= 0.6 is 0 Å². The van der Waals surface area contributed by atoms with Crippen molar-refractivity contribution in [3.63, 3.8) is 0 Å². The Morgan fingerprint density at radius 3 is 2.25 bits per heavy atom. The van der Waals surface area contributed by atoms with E-state index < -0.39 is 11.4 Å². The molecule has 2 rings (SSSR count). The predicted octanol–water partition coefficient (Wildman–Crippen LogP) is 3.50. The first-order chi connectivity index (χ1) is 9.40. The number of hydrogen-bond donors (Lipinski definition) is 1. The van der Waals surface area contributed by atoms with Gasteiger partial charge in [0.15, 0.2) is 0 Å². The SMILES string of the molecule is CC(C)c1ccc(CN2CCC(C)(C(=O)O)CC2)cc1. The third-order valence-corrected chi connectivity index (χ3v) is 4.53. The highest BCUT2D eigenvalue weighted by atomic mass is 16.4. The van der Waals surface area contributed by atoms with Crippen molar-refractivity contribution in [3.05, 3.63) is 35.4 Å². The molecular weight excluding hydrogens is 250 g/mol. The Morgan fingerprint density at radius 2 is 1.80 bits per heavy atom. The van der Waals surface area contributed by atoms with Crippen LogP contribution in [0, 0.1) is 5.41 Å². The quantitative estimate of drug-likeness (QED) is 0.914. The fraction of sp³-hybridized carbons (Fsp3) is 0.588. The Balaban J connectivity index is 1.91. The number of nitrogens with zero attached hydrogens (tertiary/aromatic N) is 1. The summed E-state index contributed by atoms with van der Waals surface area (Å²) >= 11 is 0. The number of carbonyl (C=O) groups is 1. The zero-order valence-electron chi connectivity index (χ0n) is 12.7. The molecule has 1 saturated heterocycles. The number of likely N-dealkylation sites (tertiary alicyclic amines) is 1. The van der Waals surface area contributed by atoms with Crippen LogP contribution in [0.1, 0.15) is 50.7 Å². The van der Waals surface area contributed by atoms with Crippen LogP contribution in [0.5, 0.6) is 0 Å². The van der Waals surface area contributed by atoms with E-state index in [1.807, 2.05) is 6.92 Å². The van der Waals surface area contributed by atoms with Gasteiger partial charge in [-0.25, -0.2) is 0 Å². The molecule has 0 aromatic heterocycles. The van der Waals surface area contributed by atoms with Crippen molar-refractivity contribution in [2.75, 3.05) is 13.1 Å². The minimum Gasteiger partial charge on any atom is -0.481 e. The zero-order chi connectivity index (χ0) is 14.8. The summed E-state index contributed by atoms with van der Waals surface area (Å²) in [6, 6.07) is 8.79. The number of benzene rings is 1. The van der Waals surface area contributed by atoms with Gasteiger partial charge in [0, 0.05) is 6.54 Å². The van der Waals surface area contributed by atoms with Crippen LogP contribution < -0.4 is 0 Å². The van der Waals surface area contributed by atoms with Crippen LogP contribution in [-0.2, 0) is 11.3 Å². The third kappa shape index (κ3) is 3.40. The second-order valence-corrected chi connectivity index (χ2v) is 6.54. The minimum absolute atomic E-state index is 0.530. The van der Waals surface area contributed by atoms with Crippen LogP contribution in [0.25, 0.3) is 0 Å². The zero-order valence-corrected chi connectivity index (χ0v) is 12.7. The number of aliphatic carboxylic acids is 1. The van der Waals surface area contributed by atoms with Gasteiger partial charge >= 0.3 is 5.97 Å². The summed E-state index contributed by atoms with van der Waals surface area (Å²) in [6.07, 6.45) is 1.48. The Bertz CT molecular complexity index is 456. The van der Waals surface area contributed by atoms with E-state index in [9.17, 15) is 9.90 Å². The normalized spacial score (nSPS) is 19.2. The second kappa shape index (κ2) is 5.96. The summed E-state index contributed by atoms with van der Waals surface area (Å²) in [7, 11) is 0. The topological polar surface area (TPSA) is 40.5 Å². The number of rotatable bonds is 4. The van der Waals surface area contributed by atoms with E-state index in [1.165, 1.54) is 11.1 Å². The van der Waals surface area contributed by atoms with Crippen molar-refractivity contribution in [1.82, 2.24) is 4.90 Å². The Morgan fingerprint density at radius 1 is 1.25 bits per heavy atom. The molecule has 1 aliphatic rings. The van der Waals surface area contributed by atoms with E-state index in [0.717, 1.165) is 32.5 Å². The van der Waals surface area contributed by atoms with Gasteiger partial charge in [0.1, 0.15) is 0 Å². The molecule has 1 aliphatic heterocycles. The van der Waals surface area contributed by atoms with Crippen LogP contribution in [0.4, 0.5) is 0 Å². The van der Waals surface area contributed by atoms with Gasteiger partial charge in [0.05, 0.1) is 5.41 Å². The largest absolute Gasteiger partial charge is 0.481 e. The van der Waals surface area contributed by atoms with Crippen LogP contribution in [-0.4, -0.2) is 29.1 Å². The first-order valence-corrected chi connectivity index (χ1v) is 7.45. The van der Waals surface area contributed by atoms with E-state index in [2.05, 4.69) is 43.0 Å². The Kier molecular flexibility index (Phi) is 4.48. The molecule has 0 amide bonds. The summed E-state index contributed by atoms with van der Waals surface area (Å²) < 4.78 is 0. The monoisotopic (exact) mass is 275 g/mol. The van der Waals surface area contributed by atoms with E-state index in [1.54, 1.807) is 0 Å². The lowest BCUT2D eigenvalue weighted by molar-refractivity contribution is -0.150. The van der Waals surface area contributed by atoms with Gasteiger partial charge < -0.3 is 5.11 Å². The molecule has 3 nitrogen and oxygen atoms in total. The highest BCUT2D eigenvalue weighted by molar-refractivity contribution is 5.74. The Labute approximate surface area is 121 Å². The van der Waals surface area contributed by atoms with Gasteiger partial charge in [-0.1, -0.05) is 38.1 Å². The smallest absolute Gasteiger partial charge is 0.309 e. The predicted molar refractivity (Wildman–Crippen MR) is 80.8 cm³/mol. The molecule has 0 radical (unpaired) electrons. The van der Waals surface area contributed by atoms with Gasteiger partial charge in [0.2, 0.25) is 0 Å². The lowest BCUT2D eigenvalue weighted by atomic mass is 9.80. The third-order valence-electron chi connectivity index (χ3n) is 4.53. The van der Waals surface area contributed by atoms with E-state index >= 15 is 0 Å². The summed E-state index contributed by atoms with van der Waals surface area (Å²) in [5.74, 6) is -0.0891. The van der Waals surface area contributed by atoms with Gasteiger partial charge in [-0.05, 0) is 49.9 Å². The molecule has 3 heteroatoms. The maximum atomic E-state index is 11.2. The van der Waals surface area contributed by atoms with Crippen molar-refractivity contribution in [2.45, 2.75) is 46.1 Å². The van der Waals surface area contributed by atoms with Crippen molar-refractivity contribution < 1.29 is 9.90 Å². The lowest BCUT2D eigenvalue weighted by Gasteiger charge is -2.36. The molecule has 20 heavy (non-hydrogen) atoms. The maximum Gasteiger partial charge on any atom is 0.309 e. The van der Waals surface area contributed by atoms with Crippen molar-refractivity contribution >= 4 is 5.97 Å². The number of piperidine rings is 1. The molecule has 1 N–H and O–H groups in total. The lowest BCUT2D eigenvalue weighted by Crippen LogP contribution is -2.42. The summed E-state index contributed by atoms with van der Waals surface area (Å²) in [6.45, 7) is 8.93. The summed E-state index contributed by atoms with van der Waals surface area (Å²) in [5.41, 5.74) is 2.15. The fourth-order valence-electron chi connectivity index (χ4n) is 2.68. The first-order valence-electron chi connectivity index (χ1n) is 7.45. The number of carboxylic acids is 1. The molecule has 1 aromatic carbocycles. The Hall–Kier alpha value is -1.35. The average molecular weight is 275 g/mol. The van der Waals surface area contributed by atoms with Crippen LogP contribution in [0.15, 0.2) is 24.3 Å². The van der Waals surface area contributed by atoms with Gasteiger partial charge in [-0.2, -0.15) is 0 Å². The van der Waals surface area contributed by atoms with Crippen LogP contribution in [0.2, 0.25) is 0 Å². The van der Waals surface area contributed by atoms with E-state index in [-0.39, 0.29) is 0 Å². The molecule has 0 aliphatic carbocycles. The fourth-order valence-corrected chi connectivity index (χ4v) is 2.68. The molecule has 0 unspecified atom stereocenters. The molecule has 1 heterocycles. The van der Waals surface area contributed by atoms with Crippen molar-refractivity contribution in [3.8, 4) is 0 Å². The highest BCUT2D eigenvalue weighted by Gasteiger charge is 2.36. The summed E-state index contributed by atoms with van der Waals surface area (Å²) in [5, 5.41) is 9.24. The summed E-state index contributed by atoms with van der Waals surface area (Å²) in [4.78, 5) is 13.6. The number of hydrogen-bond acceptors (Lipinski definition) is 2. The first kappa shape index (κ1) is 15.0. The number of carboxylic acid groups (broad SMARTS) is 1. The van der Waals surface area contributed by atoms with Gasteiger partial charge in [0.25, 0.3) is 0 Å². The van der Waals surface area contributed by atoms with Gasteiger partial charge in [-0.15, -0.1) is 0 Å². The highest BCUT2D eigenvalue weighted by Crippen LogP contribution is 2.31. The molecule has 110 valence electrons. The molecule has 0 spiro atoms. The standard InChI is InChI=1S/C17H25NO2/c1-13(2)15-6-4-14(5-7-15)12-18-10-8-17(3,9-11-18)16(19)20/h4-7,13H,8-12H2,1-3H3,(H,19,20). The average Bonchev–Trinajstić information content (AvgIpc) is 2.42.